The predicted molar refractivity (Wildman–Crippen MR) is 72.1 cm³/mol. The molecular weight excluding hydrogens is 248 g/mol. The van der Waals surface area contributed by atoms with Gasteiger partial charge in [0.05, 0.1) is 5.75 Å². The summed E-state index contributed by atoms with van der Waals surface area (Å²) in [7, 11) is -0.895. The number of fused-ring (bicyclic) bond motifs is 2. The maximum atomic E-state index is 11.6. The first-order valence-corrected chi connectivity index (χ1v) is 8.66. The Morgan fingerprint density at radius 2 is 1.89 bits per heavy atom. The van der Waals surface area contributed by atoms with Crippen LogP contribution < -0.4 is 5.32 Å². The molecule has 1 N–H and O–H groups in total. The maximum Gasteiger partial charge on any atom is 0.173 e. The van der Waals surface area contributed by atoms with Gasteiger partial charge in [-0.2, -0.15) is 0 Å². The third-order valence-corrected chi connectivity index (χ3v) is 6.11. The van der Waals surface area contributed by atoms with E-state index in [1.807, 2.05) is 13.1 Å². The molecule has 0 aromatic rings. The first-order valence-electron chi connectivity index (χ1n) is 6.95. The van der Waals surface area contributed by atoms with Gasteiger partial charge in [-0.05, 0) is 32.7 Å². The molecule has 3 atom stereocenters. The van der Waals surface area contributed by atoms with Crippen LogP contribution in [0.25, 0.3) is 0 Å². The summed E-state index contributed by atoms with van der Waals surface area (Å²) >= 11 is 0. The zero-order chi connectivity index (χ0) is 12.8. The number of hydrogen-bond donors (Lipinski definition) is 1. The smallest absolute Gasteiger partial charge is 0.173 e. The van der Waals surface area contributed by atoms with Crippen LogP contribution in [0.1, 0.15) is 32.1 Å². The molecule has 0 aromatic heterocycles. The van der Waals surface area contributed by atoms with E-state index in [2.05, 4.69) is 10.2 Å². The summed E-state index contributed by atoms with van der Waals surface area (Å²) in [5.41, 5.74) is 0. The number of nitrogens with one attached hydrogen (secondary N) is 1. The van der Waals surface area contributed by atoms with Crippen LogP contribution >= 0.6 is 0 Å². The molecule has 3 rings (SSSR count). The van der Waals surface area contributed by atoms with Crippen molar-refractivity contribution >= 4 is 9.84 Å². The molecule has 3 heterocycles. The Bertz CT molecular complexity index is 432. The standard InChI is InChI=1S/C13H22N2O2S/c1-14-10-7-11-3-2-4-12(8-10)15(11)13-5-6-18(16,17)9-13/h5-6,10-14H,2-4,7-9H2,1H3. The van der Waals surface area contributed by atoms with Gasteiger partial charge in [0.15, 0.2) is 9.84 Å². The van der Waals surface area contributed by atoms with E-state index in [0.29, 0.717) is 23.9 Å². The average Bonchev–Trinajstić information content (AvgIpc) is 2.67. The molecule has 102 valence electrons. The number of sulfone groups is 1. The molecule has 2 saturated heterocycles. The Labute approximate surface area is 109 Å². The normalized spacial score (nSPS) is 43.2. The highest BCUT2D eigenvalue weighted by Gasteiger charge is 2.42. The first kappa shape index (κ1) is 12.6. The van der Waals surface area contributed by atoms with Crippen molar-refractivity contribution in [1.29, 1.82) is 0 Å². The van der Waals surface area contributed by atoms with Gasteiger partial charge < -0.3 is 5.32 Å². The van der Waals surface area contributed by atoms with Crippen LogP contribution in [0.5, 0.6) is 0 Å². The fourth-order valence-electron chi connectivity index (χ4n) is 3.94. The largest absolute Gasteiger partial charge is 0.317 e. The lowest BCUT2D eigenvalue weighted by Gasteiger charge is -2.51. The van der Waals surface area contributed by atoms with E-state index in [1.165, 1.54) is 24.7 Å². The Morgan fingerprint density at radius 1 is 1.22 bits per heavy atom. The molecule has 0 saturated carbocycles. The molecular formula is C13H22N2O2S. The van der Waals surface area contributed by atoms with Crippen molar-refractivity contribution in [2.24, 2.45) is 0 Å². The summed E-state index contributed by atoms with van der Waals surface area (Å²) in [4.78, 5) is 2.50. The molecule has 0 spiro atoms. The minimum absolute atomic E-state index is 0.128. The van der Waals surface area contributed by atoms with E-state index in [-0.39, 0.29) is 6.04 Å². The zero-order valence-electron chi connectivity index (χ0n) is 10.9. The fraction of sp³-hybridized carbons (Fsp3) is 0.846. The third kappa shape index (κ3) is 2.24. The van der Waals surface area contributed by atoms with Crippen LogP contribution in [-0.4, -0.2) is 50.3 Å². The van der Waals surface area contributed by atoms with Gasteiger partial charge in [0.1, 0.15) is 0 Å². The van der Waals surface area contributed by atoms with Gasteiger partial charge in [-0.1, -0.05) is 12.5 Å². The second-order valence-corrected chi connectivity index (χ2v) is 7.80. The van der Waals surface area contributed by atoms with Gasteiger partial charge in [-0.25, -0.2) is 8.42 Å². The molecule has 5 heteroatoms. The van der Waals surface area contributed by atoms with Crippen molar-refractivity contribution < 1.29 is 8.42 Å². The summed E-state index contributed by atoms with van der Waals surface area (Å²) < 4.78 is 23.2. The number of rotatable bonds is 2. The Hall–Kier alpha value is -0.390. The summed E-state index contributed by atoms with van der Waals surface area (Å²) in [5.74, 6) is 0.296. The molecule has 2 bridgehead atoms. The van der Waals surface area contributed by atoms with Crippen molar-refractivity contribution in [3.05, 3.63) is 11.5 Å². The highest BCUT2D eigenvalue weighted by atomic mass is 32.2. The van der Waals surface area contributed by atoms with E-state index in [1.54, 1.807) is 0 Å². The fourth-order valence-corrected chi connectivity index (χ4v) is 5.23. The summed E-state index contributed by atoms with van der Waals surface area (Å²) in [6.45, 7) is 0. The van der Waals surface area contributed by atoms with Gasteiger partial charge in [-0.15, -0.1) is 0 Å². The first-order chi connectivity index (χ1) is 8.59. The third-order valence-electron chi connectivity index (χ3n) is 4.73. The van der Waals surface area contributed by atoms with Gasteiger partial charge in [0.25, 0.3) is 0 Å². The zero-order valence-corrected chi connectivity index (χ0v) is 11.7. The molecule has 0 amide bonds. The van der Waals surface area contributed by atoms with Crippen molar-refractivity contribution in [2.45, 2.75) is 56.3 Å². The van der Waals surface area contributed by atoms with Crippen molar-refractivity contribution in [1.82, 2.24) is 10.2 Å². The van der Waals surface area contributed by atoms with E-state index < -0.39 is 9.84 Å². The van der Waals surface area contributed by atoms with Crippen molar-refractivity contribution in [2.75, 3.05) is 12.8 Å². The molecule has 0 aromatic carbocycles. The number of hydrogen-bond acceptors (Lipinski definition) is 4. The van der Waals surface area contributed by atoms with E-state index in [0.717, 1.165) is 12.8 Å². The number of nitrogens with zero attached hydrogens (tertiary/aromatic N) is 1. The lowest BCUT2D eigenvalue weighted by atomic mass is 9.81. The van der Waals surface area contributed by atoms with Crippen molar-refractivity contribution in [3.8, 4) is 0 Å². The minimum atomic E-state index is -2.93. The number of piperidine rings is 2. The Balaban J connectivity index is 1.79. The van der Waals surface area contributed by atoms with E-state index in [9.17, 15) is 8.42 Å². The quantitative estimate of drug-likeness (QED) is 0.810. The topological polar surface area (TPSA) is 49.4 Å². The molecule has 3 unspecified atom stereocenters. The second-order valence-electron chi connectivity index (χ2n) is 5.87. The summed E-state index contributed by atoms with van der Waals surface area (Å²) in [5, 5.41) is 4.81. The Kier molecular flexibility index (Phi) is 3.24. The molecule has 0 aliphatic carbocycles. The van der Waals surface area contributed by atoms with Crippen LogP contribution in [-0.2, 0) is 9.84 Å². The van der Waals surface area contributed by atoms with Crippen LogP contribution in [0.3, 0.4) is 0 Å². The lowest BCUT2D eigenvalue weighted by Crippen LogP contribution is -2.59. The van der Waals surface area contributed by atoms with Crippen LogP contribution in [0, 0.1) is 0 Å². The average molecular weight is 270 g/mol. The molecule has 4 nitrogen and oxygen atoms in total. The van der Waals surface area contributed by atoms with Crippen molar-refractivity contribution in [3.63, 3.8) is 0 Å². The monoisotopic (exact) mass is 270 g/mol. The second kappa shape index (κ2) is 4.62. The maximum absolute atomic E-state index is 11.6. The SMILES string of the molecule is CNC1CC2CCCC(C1)N2C1C=CS(=O)(=O)C1. The van der Waals surface area contributed by atoms with Gasteiger partial charge in [0, 0.05) is 29.6 Å². The minimum Gasteiger partial charge on any atom is -0.317 e. The van der Waals surface area contributed by atoms with Gasteiger partial charge in [0.2, 0.25) is 0 Å². The summed E-state index contributed by atoms with van der Waals surface area (Å²) in [6.07, 6.45) is 7.97. The highest BCUT2D eigenvalue weighted by molar-refractivity contribution is 7.94. The van der Waals surface area contributed by atoms with Gasteiger partial charge in [-0.3, -0.25) is 4.90 Å². The molecule has 0 radical (unpaired) electrons. The lowest BCUT2D eigenvalue weighted by molar-refractivity contribution is 0.0112. The molecule has 18 heavy (non-hydrogen) atoms. The molecule has 2 fully saturated rings. The van der Waals surface area contributed by atoms with Crippen LogP contribution in [0.15, 0.2) is 11.5 Å². The van der Waals surface area contributed by atoms with Gasteiger partial charge >= 0.3 is 0 Å². The Morgan fingerprint density at radius 3 is 2.39 bits per heavy atom. The molecule has 3 aliphatic heterocycles. The van der Waals surface area contributed by atoms with E-state index in [4.69, 9.17) is 0 Å². The van der Waals surface area contributed by atoms with Crippen LogP contribution in [0.4, 0.5) is 0 Å². The molecule has 3 aliphatic rings. The summed E-state index contributed by atoms with van der Waals surface area (Å²) in [6, 6.07) is 1.87. The van der Waals surface area contributed by atoms with Crippen LogP contribution in [0.2, 0.25) is 0 Å². The predicted octanol–water partition coefficient (Wildman–Crippen LogP) is 0.902. The van der Waals surface area contributed by atoms with E-state index >= 15 is 0 Å². The highest BCUT2D eigenvalue weighted by Crippen LogP contribution is 2.37.